The molecule has 2 aromatic heterocycles. The summed E-state index contributed by atoms with van der Waals surface area (Å²) in [5, 5.41) is 8.60. The quantitative estimate of drug-likeness (QED) is 0.433. The molecule has 4 aromatic rings. The second-order valence-corrected chi connectivity index (χ2v) is 8.53. The molecule has 0 aliphatic carbocycles. The standard InChI is InChI=1S/C24H27N7O/c1-15-4-8-17(9-5-15)20-19-21(26)28-14-29-22(19)31(30-20)24(2,3)13-27-23(32)18-10-6-16(12-25)7-11-18/h4-11,14H,12-13,25H2,1-3H3,(H,27,32)(H2,26,28,29)/p+1. The Morgan fingerprint density at radius 3 is 2.44 bits per heavy atom. The summed E-state index contributed by atoms with van der Waals surface area (Å²) in [6.45, 7) is 7.09. The van der Waals surface area contributed by atoms with E-state index >= 15 is 0 Å². The van der Waals surface area contributed by atoms with Gasteiger partial charge in [0, 0.05) is 23.2 Å². The van der Waals surface area contributed by atoms with Gasteiger partial charge in [-0.3, -0.25) is 4.79 Å². The molecule has 0 aliphatic heterocycles. The predicted octanol–water partition coefficient (Wildman–Crippen LogP) is 2.29. The second kappa shape index (κ2) is 8.39. The third kappa shape index (κ3) is 4.04. The van der Waals surface area contributed by atoms with E-state index in [0.29, 0.717) is 35.5 Å². The molecule has 164 valence electrons. The first-order valence-corrected chi connectivity index (χ1v) is 10.5. The molecule has 0 bridgehead atoms. The van der Waals surface area contributed by atoms with E-state index in [1.165, 1.54) is 6.33 Å². The molecule has 0 radical (unpaired) electrons. The van der Waals surface area contributed by atoms with Crippen molar-refractivity contribution in [3.63, 3.8) is 0 Å². The van der Waals surface area contributed by atoms with Crippen molar-refractivity contribution in [1.29, 1.82) is 0 Å². The summed E-state index contributed by atoms with van der Waals surface area (Å²) in [7, 11) is 0. The molecule has 0 unspecified atom stereocenters. The van der Waals surface area contributed by atoms with Gasteiger partial charge in [-0.15, -0.1) is 0 Å². The summed E-state index contributed by atoms with van der Waals surface area (Å²) in [6, 6.07) is 15.6. The smallest absolute Gasteiger partial charge is 0.251 e. The highest BCUT2D eigenvalue weighted by atomic mass is 16.1. The second-order valence-electron chi connectivity index (χ2n) is 8.53. The van der Waals surface area contributed by atoms with Gasteiger partial charge in [-0.2, -0.15) is 5.10 Å². The lowest BCUT2D eigenvalue weighted by Gasteiger charge is -2.26. The van der Waals surface area contributed by atoms with Crippen molar-refractivity contribution in [3.8, 4) is 11.3 Å². The number of aryl methyl sites for hydroxylation is 1. The van der Waals surface area contributed by atoms with Crippen molar-refractivity contribution in [3.05, 3.63) is 71.5 Å². The number of carbonyl (C=O) groups is 1. The predicted molar refractivity (Wildman–Crippen MR) is 125 cm³/mol. The van der Waals surface area contributed by atoms with Gasteiger partial charge in [-0.1, -0.05) is 42.0 Å². The Balaban J connectivity index is 1.66. The molecule has 8 heteroatoms. The Labute approximate surface area is 186 Å². The molecule has 0 saturated carbocycles. The molecule has 0 saturated heterocycles. The zero-order valence-corrected chi connectivity index (χ0v) is 18.6. The number of nitrogens with two attached hydrogens (primary N) is 1. The number of nitrogen functional groups attached to an aromatic ring is 1. The first kappa shape index (κ1) is 21.5. The Morgan fingerprint density at radius 2 is 1.78 bits per heavy atom. The molecule has 0 spiro atoms. The number of aromatic nitrogens is 4. The zero-order chi connectivity index (χ0) is 22.9. The van der Waals surface area contributed by atoms with Gasteiger partial charge in [0.05, 0.1) is 17.5 Å². The first-order valence-electron chi connectivity index (χ1n) is 10.5. The van der Waals surface area contributed by atoms with Crippen LogP contribution in [0, 0.1) is 6.92 Å². The summed E-state index contributed by atoms with van der Waals surface area (Å²) < 4.78 is 1.82. The van der Waals surface area contributed by atoms with Gasteiger partial charge in [-0.05, 0) is 32.9 Å². The van der Waals surface area contributed by atoms with E-state index in [4.69, 9.17) is 10.8 Å². The van der Waals surface area contributed by atoms with E-state index < -0.39 is 5.54 Å². The highest BCUT2D eigenvalue weighted by Gasteiger charge is 2.28. The average molecular weight is 431 g/mol. The van der Waals surface area contributed by atoms with Crippen LogP contribution in [0.4, 0.5) is 5.82 Å². The van der Waals surface area contributed by atoms with Crippen LogP contribution in [-0.4, -0.2) is 32.2 Å². The minimum Gasteiger partial charge on any atom is -0.383 e. The van der Waals surface area contributed by atoms with Crippen LogP contribution in [0.5, 0.6) is 0 Å². The molecule has 8 nitrogen and oxygen atoms in total. The normalized spacial score (nSPS) is 11.6. The molecule has 2 aromatic carbocycles. The number of nitrogens with zero attached hydrogens (tertiary/aromatic N) is 4. The number of benzene rings is 2. The maximum atomic E-state index is 12.7. The number of amides is 1. The largest absolute Gasteiger partial charge is 0.383 e. The summed E-state index contributed by atoms with van der Waals surface area (Å²) in [4.78, 5) is 21.3. The van der Waals surface area contributed by atoms with Crippen molar-refractivity contribution < 1.29 is 10.5 Å². The molecule has 0 fully saturated rings. The Hall–Kier alpha value is -3.78. The average Bonchev–Trinajstić information content (AvgIpc) is 3.20. The Kier molecular flexibility index (Phi) is 5.63. The van der Waals surface area contributed by atoms with Gasteiger partial charge < -0.3 is 16.8 Å². The number of anilines is 1. The van der Waals surface area contributed by atoms with Gasteiger partial charge >= 0.3 is 0 Å². The van der Waals surface area contributed by atoms with E-state index in [9.17, 15) is 4.79 Å². The molecule has 2 heterocycles. The van der Waals surface area contributed by atoms with Gasteiger partial charge in [-0.25, -0.2) is 14.6 Å². The van der Waals surface area contributed by atoms with Gasteiger partial charge in [0.2, 0.25) is 0 Å². The van der Waals surface area contributed by atoms with Crippen LogP contribution in [0.15, 0.2) is 54.9 Å². The van der Waals surface area contributed by atoms with Gasteiger partial charge in [0.25, 0.3) is 5.91 Å². The van der Waals surface area contributed by atoms with Crippen LogP contribution in [0.1, 0.15) is 35.3 Å². The third-order valence-corrected chi connectivity index (χ3v) is 5.58. The lowest BCUT2D eigenvalue weighted by molar-refractivity contribution is -0.386. The highest BCUT2D eigenvalue weighted by molar-refractivity contribution is 5.98. The molecule has 6 N–H and O–H groups in total. The fraction of sp³-hybridized carbons (Fsp3) is 0.250. The van der Waals surface area contributed by atoms with Crippen LogP contribution >= 0.6 is 0 Å². The van der Waals surface area contributed by atoms with Crippen LogP contribution < -0.4 is 16.8 Å². The number of rotatable bonds is 6. The Morgan fingerprint density at radius 1 is 1.09 bits per heavy atom. The zero-order valence-electron chi connectivity index (χ0n) is 18.6. The van der Waals surface area contributed by atoms with Crippen molar-refractivity contribution in [2.24, 2.45) is 0 Å². The summed E-state index contributed by atoms with van der Waals surface area (Å²) in [5.41, 5.74) is 14.7. The van der Waals surface area contributed by atoms with Crippen LogP contribution in [0.25, 0.3) is 22.3 Å². The topological polar surface area (TPSA) is 126 Å². The monoisotopic (exact) mass is 430 g/mol. The van der Waals surface area contributed by atoms with Crippen LogP contribution in [0.3, 0.4) is 0 Å². The molecule has 4 rings (SSSR count). The first-order chi connectivity index (χ1) is 15.3. The van der Waals surface area contributed by atoms with Gasteiger partial charge in [0.15, 0.2) is 5.65 Å². The summed E-state index contributed by atoms with van der Waals surface area (Å²) in [5.74, 6) is 0.236. The van der Waals surface area contributed by atoms with E-state index in [1.54, 1.807) is 0 Å². The fourth-order valence-corrected chi connectivity index (χ4v) is 3.61. The van der Waals surface area contributed by atoms with Crippen molar-refractivity contribution >= 4 is 22.8 Å². The maximum Gasteiger partial charge on any atom is 0.251 e. The number of nitrogens with one attached hydrogen (secondary N) is 1. The lowest BCUT2D eigenvalue weighted by Crippen LogP contribution is -2.47. The molecule has 0 atom stereocenters. The molecule has 32 heavy (non-hydrogen) atoms. The maximum absolute atomic E-state index is 12.7. The molecule has 0 aliphatic rings. The SMILES string of the molecule is Cc1ccc(-c2nn(C(C)(C)CNC(=O)c3ccc(C[NH3+])cc3)c3ncnc(N)c23)cc1. The summed E-state index contributed by atoms with van der Waals surface area (Å²) >= 11 is 0. The number of quaternary nitrogens is 1. The molecule has 1 amide bonds. The van der Waals surface area contributed by atoms with Crippen molar-refractivity contribution in [1.82, 2.24) is 25.1 Å². The lowest BCUT2D eigenvalue weighted by atomic mass is 10.1. The number of hydrogen-bond acceptors (Lipinski definition) is 5. The number of hydrogen-bond donors (Lipinski definition) is 3. The number of fused-ring (bicyclic) bond motifs is 1. The third-order valence-electron chi connectivity index (χ3n) is 5.58. The van der Waals surface area contributed by atoms with E-state index in [2.05, 4.69) is 21.0 Å². The fourth-order valence-electron chi connectivity index (χ4n) is 3.61. The number of carbonyl (C=O) groups excluding carboxylic acids is 1. The van der Waals surface area contributed by atoms with Crippen LogP contribution in [0.2, 0.25) is 0 Å². The minimum atomic E-state index is -0.565. The van der Waals surface area contributed by atoms with E-state index in [1.807, 2.05) is 74.0 Å². The molecular weight excluding hydrogens is 402 g/mol. The highest BCUT2D eigenvalue weighted by Crippen LogP contribution is 2.33. The minimum absolute atomic E-state index is 0.141. The summed E-state index contributed by atoms with van der Waals surface area (Å²) in [6.07, 6.45) is 1.44. The van der Waals surface area contributed by atoms with Crippen LogP contribution in [-0.2, 0) is 12.1 Å². The van der Waals surface area contributed by atoms with Crippen molar-refractivity contribution in [2.75, 3.05) is 12.3 Å². The van der Waals surface area contributed by atoms with E-state index in [0.717, 1.165) is 22.4 Å². The Bertz CT molecular complexity index is 1260. The van der Waals surface area contributed by atoms with Crippen molar-refractivity contribution in [2.45, 2.75) is 32.9 Å². The van der Waals surface area contributed by atoms with E-state index in [-0.39, 0.29) is 5.91 Å². The molecular formula is C24H28N7O+. The van der Waals surface area contributed by atoms with Gasteiger partial charge in [0.1, 0.15) is 17.8 Å².